The van der Waals surface area contributed by atoms with Gasteiger partial charge < -0.3 is 10.7 Å². The number of nitrogens with two attached hydrogens (primary N) is 1. The molecular weight excluding hydrogens is 244 g/mol. The van der Waals surface area contributed by atoms with Crippen LogP contribution in [0.3, 0.4) is 0 Å². The van der Waals surface area contributed by atoms with E-state index in [1.165, 1.54) is 0 Å². The number of hydrogen-bond donors (Lipinski definition) is 2. The highest BCUT2D eigenvalue weighted by Crippen LogP contribution is 2.29. The summed E-state index contributed by atoms with van der Waals surface area (Å²) in [6, 6.07) is 1.51. The van der Waals surface area contributed by atoms with Crippen molar-refractivity contribution in [2.24, 2.45) is 11.1 Å². The second kappa shape index (κ2) is 3.87. The summed E-state index contributed by atoms with van der Waals surface area (Å²) in [5.41, 5.74) is 6.39. The van der Waals surface area contributed by atoms with Gasteiger partial charge in [0.25, 0.3) is 5.56 Å². The normalized spacial score (nSPS) is 14.1. The number of hydrogen-bond acceptors (Lipinski definition) is 2. The molecule has 1 heterocycles. The number of aromatic nitrogens is 1. The molecule has 0 aliphatic carbocycles. The number of pyridine rings is 1. The van der Waals surface area contributed by atoms with Crippen LogP contribution in [-0.2, 0) is 0 Å². The first-order valence-corrected chi connectivity index (χ1v) is 5.25. The van der Waals surface area contributed by atoms with Gasteiger partial charge in [0.15, 0.2) is 0 Å². The van der Waals surface area contributed by atoms with Crippen LogP contribution in [0.25, 0.3) is 0 Å². The van der Waals surface area contributed by atoms with Crippen LogP contribution in [0.4, 0.5) is 0 Å². The van der Waals surface area contributed by atoms with Gasteiger partial charge in [-0.2, -0.15) is 0 Å². The van der Waals surface area contributed by atoms with Gasteiger partial charge >= 0.3 is 0 Å². The molecule has 0 saturated carbocycles. The Morgan fingerprint density at radius 3 is 2.57 bits per heavy atom. The maximum Gasteiger partial charge on any atom is 0.252 e. The minimum absolute atomic E-state index is 0.115. The Morgan fingerprint density at radius 1 is 1.50 bits per heavy atom. The molecule has 78 valence electrons. The van der Waals surface area contributed by atoms with Crippen molar-refractivity contribution in [3.63, 3.8) is 0 Å². The predicted octanol–water partition coefficient (Wildman–Crippen LogP) is 2.18. The molecule has 0 aliphatic heterocycles. The summed E-state index contributed by atoms with van der Waals surface area (Å²) in [4.78, 5) is 14.1. The summed E-state index contributed by atoms with van der Waals surface area (Å²) in [7, 11) is 0. The summed E-state index contributed by atoms with van der Waals surface area (Å²) in [6.07, 6.45) is 1.61. The molecule has 0 amide bonds. The standard InChI is InChI=1S/C10H15BrN2O/c1-10(2,3)8(12)7-4-6(11)5-13-9(7)14/h4-5,8H,12H2,1-3H3,(H,13,14)/t8-/m1/s1. The molecule has 0 unspecified atom stereocenters. The van der Waals surface area contributed by atoms with Crippen LogP contribution in [0.1, 0.15) is 32.4 Å². The number of halogens is 1. The van der Waals surface area contributed by atoms with Gasteiger partial charge in [-0.1, -0.05) is 20.8 Å². The first-order valence-electron chi connectivity index (χ1n) is 4.46. The smallest absolute Gasteiger partial charge is 0.252 e. The predicted molar refractivity (Wildman–Crippen MR) is 61.1 cm³/mol. The van der Waals surface area contributed by atoms with Crippen molar-refractivity contribution in [3.8, 4) is 0 Å². The van der Waals surface area contributed by atoms with Crippen LogP contribution in [0, 0.1) is 5.41 Å². The lowest BCUT2D eigenvalue weighted by atomic mass is 9.83. The lowest BCUT2D eigenvalue weighted by Gasteiger charge is -2.26. The van der Waals surface area contributed by atoms with Crippen LogP contribution >= 0.6 is 15.9 Å². The average Bonchev–Trinajstić information content (AvgIpc) is 2.06. The van der Waals surface area contributed by atoms with Crippen molar-refractivity contribution in [2.75, 3.05) is 0 Å². The highest BCUT2D eigenvalue weighted by Gasteiger charge is 2.24. The van der Waals surface area contributed by atoms with Gasteiger partial charge in [-0.05, 0) is 27.4 Å². The monoisotopic (exact) mass is 258 g/mol. The fraction of sp³-hybridized carbons (Fsp3) is 0.500. The van der Waals surface area contributed by atoms with E-state index in [4.69, 9.17) is 5.73 Å². The molecule has 0 bridgehead atoms. The Morgan fingerprint density at radius 2 is 2.07 bits per heavy atom. The van der Waals surface area contributed by atoms with E-state index in [1.807, 2.05) is 20.8 Å². The van der Waals surface area contributed by atoms with Crippen molar-refractivity contribution in [1.29, 1.82) is 0 Å². The molecule has 0 aromatic carbocycles. The molecular formula is C10H15BrN2O. The van der Waals surface area contributed by atoms with Gasteiger partial charge in [0.1, 0.15) is 0 Å². The minimum Gasteiger partial charge on any atom is -0.328 e. The molecule has 4 heteroatoms. The second-order valence-corrected chi connectivity index (χ2v) is 5.36. The van der Waals surface area contributed by atoms with Crippen molar-refractivity contribution in [3.05, 3.63) is 32.7 Å². The molecule has 3 nitrogen and oxygen atoms in total. The number of nitrogens with one attached hydrogen (secondary N) is 1. The fourth-order valence-corrected chi connectivity index (χ4v) is 1.53. The second-order valence-electron chi connectivity index (χ2n) is 4.45. The Kier molecular flexibility index (Phi) is 3.17. The van der Waals surface area contributed by atoms with E-state index in [-0.39, 0.29) is 17.0 Å². The van der Waals surface area contributed by atoms with Gasteiger partial charge in [-0.25, -0.2) is 0 Å². The lowest BCUT2D eigenvalue weighted by molar-refractivity contribution is 0.325. The quantitative estimate of drug-likeness (QED) is 0.812. The van der Waals surface area contributed by atoms with E-state index < -0.39 is 0 Å². The highest BCUT2D eigenvalue weighted by atomic mass is 79.9. The Labute approximate surface area is 91.8 Å². The minimum atomic E-state index is -0.260. The van der Waals surface area contributed by atoms with Gasteiger partial charge in [0.2, 0.25) is 0 Å². The first kappa shape index (κ1) is 11.5. The topological polar surface area (TPSA) is 58.9 Å². The average molecular weight is 259 g/mol. The maximum absolute atomic E-state index is 11.5. The van der Waals surface area contributed by atoms with E-state index in [2.05, 4.69) is 20.9 Å². The van der Waals surface area contributed by atoms with Gasteiger partial charge in [-0.3, -0.25) is 4.79 Å². The van der Waals surface area contributed by atoms with Crippen LogP contribution in [-0.4, -0.2) is 4.98 Å². The molecule has 1 aromatic heterocycles. The summed E-state index contributed by atoms with van der Waals surface area (Å²) in [5.74, 6) is 0. The van der Waals surface area contributed by atoms with E-state index in [0.717, 1.165) is 4.47 Å². The Bertz CT molecular complexity index is 378. The van der Waals surface area contributed by atoms with Crippen LogP contribution in [0.2, 0.25) is 0 Å². The number of rotatable bonds is 1. The lowest BCUT2D eigenvalue weighted by Crippen LogP contribution is -2.31. The van der Waals surface area contributed by atoms with Crippen molar-refractivity contribution in [2.45, 2.75) is 26.8 Å². The van der Waals surface area contributed by atoms with Gasteiger partial charge in [0.05, 0.1) is 0 Å². The van der Waals surface area contributed by atoms with Gasteiger partial charge in [-0.15, -0.1) is 0 Å². The number of aromatic amines is 1. The summed E-state index contributed by atoms with van der Waals surface area (Å²) in [6.45, 7) is 6.04. The molecule has 3 N–H and O–H groups in total. The molecule has 0 spiro atoms. The van der Waals surface area contributed by atoms with Crippen LogP contribution in [0.15, 0.2) is 21.5 Å². The zero-order valence-electron chi connectivity index (χ0n) is 8.60. The largest absolute Gasteiger partial charge is 0.328 e. The van der Waals surface area contributed by atoms with Gasteiger partial charge in [0, 0.05) is 22.3 Å². The van der Waals surface area contributed by atoms with E-state index in [0.29, 0.717) is 5.56 Å². The SMILES string of the molecule is CC(C)(C)[C@H](N)c1cc(Br)c[nH]c1=O. The zero-order valence-corrected chi connectivity index (χ0v) is 10.2. The summed E-state index contributed by atoms with van der Waals surface area (Å²) < 4.78 is 0.840. The molecule has 0 fully saturated rings. The molecule has 14 heavy (non-hydrogen) atoms. The van der Waals surface area contributed by atoms with Crippen LogP contribution in [0.5, 0.6) is 0 Å². The Balaban J connectivity index is 3.19. The molecule has 1 atom stereocenters. The third-order valence-electron chi connectivity index (χ3n) is 2.16. The zero-order chi connectivity index (χ0) is 10.9. The molecule has 0 aliphatic rings. The summed E-state index contributed by atoms with van der Waals surface area (Å²) >= 11 is 3.31. The molecule has 0 radical (unpaired) electrons. The van der Waals surface area contributed by atoms with E-state index in [1.54, 1.807) is 12.3 Å². The van der Waals surface area contributed by atoms with Crippen molar-refractivity contribution in [1.82, 2.24) is 4.98 Å². The maximum atomic E-state index is 11.5. The number of H-pyrrole nitrogens is 1. The third-order valence-corrected chi connectivity index (χ3v) is 2.62. The van der Waals surface area contributed by atoms with Crippen molar-refractivity contribution >= 4 is 15.9 Å². The van der Waals surface area contributed by atoms with Crippen molar-refractivity contribution < 1.29 is 0 Å². The fourth-order valence-electron chi connectivity index (χ4n) is 1.17. The summed E-state index contributed by atoms with van der Waals surface area (Å²) in [5, 5.41) is 0. The first-order chi connectivity index (χ1) is 6.32. The van der Waals surface area contributed by atoms with E-state index in [9.17, 15) is 4.79 Å². The van der Waals surface area contributed by atoms with E-state index >= 15 is 0 Å². The highest BCUT2D eigenvalue weighted by molar-refractivity contribution is 9.10. The third kappa shape index (κ3) is 2.45. The molecule has 1 rings (SSSR count). The van der Waals surface area contributed by atoms with Crippen LogP contribution < -0.4 is 11.3 Å². The molecule has 0 saturated heterocycles. The molecule has 1 aromatic rings. The Hall–Kier alpha value is -0.610.